The van der Waals surface area contributed by atoms with E-state index in [1.807, 2.05) is 33.8 Å². The third-order valence-corrected chi connectivity index (χ3v) is 3.40. The molecule has 4 amide bonds. The topological polar surface area (TPSA) is 99.8 Å². The highest BCUT2D eigenvalue weighted by molar-refractivity contribution is 5.96. The van der Waals surface area contributed by atoms with Crippen LogP contribution >= 0.6 is 0 Å². The van der Waals surface area contributed by atoms with Gasteiger partial charge in [0.05, 0.1) is 25.9 Å². The molecule has 0 aliphatic carbocycles. The van der Waals surface area contributed by atoms with Crippen molar-refractivity contribution in [2.45, 2.75) is 39.7 Å². The lowest BCUT2D eigenvalue weighted by atomic mass is 10.1. The summed E-state index contributed by atoms with van der Waals surface area (Å²) in [4.78, 5) is 37.9. The molecule has 8 heteroatoms. The number of hydrogen-bond acceptors (Lipinski definition) is 5. The molecule has 0 atom stereocenters. The van der Waals surface area contributed by atoms with E-state index in [2.05, 4.69) is 16.0 Å². The lowest BCUT2D eigenvalue weighted by Crippen LogP contribution is -2.50. The molecule has 0 spiro atoms. The van der Waals surface area contributed by atoms with Gasteiger partial charge in [-0.15, -0.1) is 0 Å². The van der Waals surface area contributed by atoms with Crippen molar-refractivity contribution in [1.29, 1.82) is 0 Å². The second-order valence-electron chi connectivity index (χ2n) is 7.21. The number of benzene rings is 1. The van der Waals surface area contributed by atoms with E-state index < -0.39 is 17.5 Å². The Morgan fingerprint density at radius 1 is 1.07 bits per heavy atom. The molecular formula is C19H30N4O4. The summed E-state index contributed by atoms with van der Waals surface area (Å²) in [6.07, 6.45) is 0.767. The van der Waals surface area contributed by atoms with Gasteiger partial charge in [-0.2, -0.15) is 0 Å². The maximum absolute atomic E-state index is 12.3. The van der Waals surface area contributed by atoms with Gasteiger partial charge < -0.3 is 15.4 Å². The van der Waals surface area contributed by atoms with Crippen molar-refractivity contribution in [3.63, 3.8) is 0 Å². The number of carbonyl (C=O) groups is 3. The third kappa shape index (κ3) is 9.05. The van der Waals surface area contributed by atoms with Crippen molar-refractivity contribution in [1.82, 2.24) is 15.5 Å². The molecule has 3 N–H and O–H groups in total. The zero-order valence-corrected chi connectivity index (χ0v) is 16.7. The van der Waals surface area contributed by atoms with Gasteiger partial charge in [0.25, 0.3) is 0 Å². The normalized spacial score (nSPS) is 11.0. The Balaban J connectivity index is 2.61. The van der Waals surface area contributed by atoms with Gasteiger partial charge in [0, 0.05) is 5.54 Å². The first-order valence-corrected chi connectivity index (χ1v) is 8.91. The fourth-order valence-electron chi connectivity index (χ4n) is 2.41. The van der Waals surface area contributed by atoms with Crippen molar-refractivity contribution in [3.05, 3.63) is 24.3 Å². The fourth-order valence-corrected chi connectivity index (χ4v) is 2.41. The lowest BCUT2D eigenvalue weighted by molar-refractivity contribution is -0.122. The zero-order chi connectivity index (χ0) is 20.4. The fraction of sp³-hybridized carbons (Fsp3) is 0.526. The molecule has 0 aliphatic rings. The predicted molar refractivity (Wildman–Crippen MR) is 105 cm³/mol. The van der Waals surface area contributed by atoms with Crippen LogP contribution in [0.4, 0.5) is 10.5 Å². The minimum atomic E-state index is -0.553. The van der Waals surface area contributed by atoms with Gasteiger partial charge >= 0.3 is 6.03 Å². The number of carbonyl (C=O) groups excluding carboxylic acids is 3. The van der Waals surface area contributed by atoms with Gasteiger partial charge in [-0.05, 0) is 45.9 Å². The van der Waals surface area contributed by atoms with Crippen molar-refractivity contribution in [2.75, 3.05) is 32.1 Å². The summed E-state index contributed by atoms with van der Waals surface area (Å²) in [6.45, 7) is 7.95. The minimum Gasteiger partial charge on any atom is -0.495 e. The molecule has 0 saturated heterocycles. The van der Waals surface area contributed by atoms with Gasteiger partial charge in [-0.3, -0.25) is 19.8 Å². The van der Waals surface area contributed by atoms with E-state index in [-0.39, 0.29) is 19.0 Å². The summed E-state index contributed by atoms with van der Waals surface area (Å²) in [5.74, 6) is -0.167. The summed E-state index contributed by atoms with van der Waals surface area (Å²) in [5.41, 5.74) is 0.123. The van der Waals surface area contributed by atoms with Crippen LogP contribution in [-0.4, -0.2) is 55.0 Å². The minimum absolute atomic E-state index is 0.0280. The molecule has 27 heavy (non-hydrogen) atoms. The van der Waals surface area contributed by atoms with Crippen LogP contribution in [0, 0.1) is 0 Å². The van der Waals surface area contributed by atoms with Crippen LogP contribution in [-0.2, 0) is 9.59 Å². The number of amides is 4. The highest BCUT2D eigenvalue weighted by atomic mass is 16.5. The molecule has 1 aromatic rings. The average Bonchev–Trinajstić information content (AvgIpc) is 2.53. The van der Waals surface area contributed by atoms with Gasteiger partial charge in [-0.1, -0.05) is 19.1 Å². The number of ether oxygens (including phenoxy) is 1. The summed E-state index contributed by atoms with van der Waals surface area (Å²) in [7, 11) is 1.53. The van der Waals surface area contributed by atoms with E-state index in [9.17, 15) is 14.4 Å². The number of methoxy groups -OCH3 is 1. The molecule has 0 unspecified atom stereocenters. The average molecular weight is 378 g/mol. The Morgan fingerprint density at radius 2 is 1.70 bits per heavy atom. The molecular weight excluding hydrogens is 348 g/mol. The van der Waals surface area contributed by atoms with Crippen molar-refractivity contribution >= 4 is 23.5 Å². The Hall–Kier alpha value is -2.61. The van der Waals surface area contributed by atoms with E-state index in [4.69, 9.17) is 4.74 Å². The molecule has 8 nitrogen and oxygen atoms in total. The van der Waals surface area contributed by atoms with Crippen molar-refractivity contribution in [2.24, 2.45) is 0 Å². The molecule has 0 aliphatic heterocycles. The summed E-state index contributed by atoms with van der Waals surface area (Å²) in [6, 6.07) is 6.54. The van der Waals surface area contributed by atoms with E-state index in [1.165, 1.54) is 7.11 Å². The molecule has 0 aromatic heterocycles. The monoisotopic (exact) mass is 378 g/mol. The SMILES string of the molecule is CCCN(CC(=O)NC(=O)NC(C)(C)C)CC(=O)Nc1ccccc1OC. The van der Waals surface area contributed by atoms with Crippen LogP contribution in [0.25, 0.3) is 0 Å². The number of para-hydroxylation sites is 2. The summed E-state index contributed by atoms with van der Waals surface area (Å²) >= 11 is 0. The van der Waals surface area contributed by atoms with Crippen LogP contribution in [0.3, 0.4) is 0 Å². The molecule has 1 rings (SSSR count). The summed E-state index contributed by atoms with van der Waals surface area (Å²) < 4.78 is 5.21. The molecule has 150 valence electrons. The van der Waals surface area contributed by atoms with E-state index in [1.54, 1.807) is 23.1 Å². The van der Waals surface area contributed by atoms with Crippen molar-refractivity contribution < 1.29 is 19.1 Å². The Kier molecular flexibility index (Phi) is 8.74. The smallest absolute Gasteiger partial charge is 0.321 e. The molecule has 1 aromatic carbocycles. The van der Waals surface area contributed by atoms with Crippen LogP contribution in [0.1, 0.15) is 34.1 Å². The van der Waals surface area contributed by atoms with Crippen LogP contribution in [0.15, 0.2) is 24.3 Å². The first-order valence-electron chi connectivity index (χ1n) is 8.91. The maximum Gasteiger partial charge on any atom is 0.321 e. The van der Waals surface area contributed by atoms with Gasteiger partial charge in [0.15, 0.2) is 0 Å². The number of anilines is 1. The third-order valence-electron chi connectivity index (χ3n) is 3.40. The number of hydrogen-bond donors (Lipinski definition) is 3. The maximum atomic E-state index is 12.3. The standard InChI is InChI=1S/C19H30N4O4/c1-6-11-23(13-17(25)21-18(26)22-19(2,3)4)12-16(24)20-14-9-7-8-10-15(14)27-5/h7-10H,6,11-13H2,1-5H3,(H,20,24)(H2,21,22,25,26). The molecule has 0 fully saturated rings. The van der Waals surface area contributed by atoms with Crippen molar-refractivity contribution in [3.8, 4) is 5.75 Å². The lowest BCUT2D eigenvalue weighted by Gasteiger charge is -2.23. The second-order valence-corrected chi connectivity index (χ2v) is 7.21. The van der Waals surface area contributed by atoms with E-state index >= 15 is 0 Å². The molecule has 0 heterocycles. The molecule has 0 bridgehead atoms. The number of rotatable bonds is 8. The van der Waals surface area contributed by atoms with Gasteiger partial charge in [0.2, 0.25) is 11.8 Å². The highest BCUT2D eigenvalue weighted by Gasteiger charge is 2.19. The highest BCUT2D eigenvalue weighted by Crippen LogP contribution is 2.22. The van der Waals surface area contributed by atoms with E-state index in [0.717, 1.165) is 6.42 Å². The number of nitrogens with zero attached hydrogens (tertiary/aromatic N) is 1. The summed E-state index contributed by atoms with van der Waals surface area (Å²) in [5, 5.41) is 7.72. The molecule has 0 radical (unpaired) electrons. The predicted octanol–water partition coefficient (Wildman–Crippen LogP) is 1.97. The number of urea groups is 1. The Morgan fingerprint density at radius 3 is 2.30 bits per heavy atom. The quantitative estimate of drug-likeness (QED) is 0.642. The van der Waals surface area contributed by atoms with Crippen LogP contribution in [0.5, 0.6) is 5.75 Å². The van der Waals surface area contributed by atoms with Gasteiger partial charge in [0.1, 0.15) is 5.75 Å². The van der Waals surface area contributed by atoms with Gasteiger partial charge in [-0.25, -0.2) is 4.79 Å². The van der Waals surface area contributed by atoms with Crippen LogP contribution in [0.2, 0.25) is 0 Å². The second kappa shape index (κ2) is 10.5. The first-order chi connectivity index (χ1) is 12.6. The Labute approximate surface area is 160 Å². The van der Waals surface area contributed by atoms with E-state index in [0.29, 0.717) is 18.0 Å². The molecule has 0 saturated carbocycles. The largest absolute Gasteiger partial charge is 0.495 e. The Bertz CT molecular complexity index is 655. The first kappa shape index (κ1) is 22.4. The van der Waals surface area contributed by atoms with Crippen LogP contribution < -0.4 is 20.7 Å². The zero-order valence-electron chi connectivity index (χ0n) is 16.7. The number of imide groups is 1. The number of nitrogens with one attached hydrogen (secondary N) is 3.